The van der Waals surface area contributed by atoms with Crippen molar-refractivity contribution in [3.05, 3.63) is 0 Å². The van der Waals surface area contributed by atoms with Crippen LogP contribution in [0.25, 0.3) is 0 Å². The van der Waals surface area contributed by atoms with Gasteiger partial charge in [0.15, 0.2) is 0 Å². The Morgan fingerprint density at radius 1 is 0.385 bits per heavy atom. The summed E-state index contributed by atoms with van der Waals surface area (Å²) in [6.07, 6.45) is -15.7. The van der Waals surface area contributed by atoms with E-state index in [2.05, 4.69) is 0 Å². The summed E-state index contributed by atoms with van der Waals surface area (Å²) in [6.45, 7) is 0. The van der Waals surface area contributed by atoms with Crippen molar-refractivity contribution >= 4 is 0 Å². The van der Waals surface area contributed by atoms with Gasteiger partial charge in [-0.15, -0.1) is 22.0 Å². The normalized spacial score (nSPS) is 16.8. The lowest BCUT2D eigenvalue weighted by atomic mass is 9.96. The molecule has 0 amide bonds. The molecule has 0 bridgehead atoms. The summed E-state index contributed by atoms with van der Waals surface area (Å²) < 4.78 is 220. The Hall–Kier alpha value is -1.30. The summed E-state index contributed by atoms with van der Waals surface area (Å²) in [5.74, 6) is -34.3. The van der Waals surface area contributed by atoms with E-state index < -0.39 is 47.1 Å². The van der Waals surface area contributed by atoms with Crippen LogP contribution in [-0.4, -0.2) is 47.1 Å². The third-order valence-electron chi connectivity index (χ3n) is 2.59. The number of alkyl halides is 16. The van der Waals surface area contributed by atoms with Gasteiger partial charge in [-0.2, -0.15) is 48.3 Å². The first kappa shape index (κ1) is 24.7. The second kappa shape index (κ2) is 5.60. The quantitative estimate of drug-likeness (QED) is 0.289. The molecule has 19 heteroatoms. The molecule has 0 aromatic rings. The predicted molar refractivity (Wildman–Crippen MR) is 39.3 cm³/mol. The molecule has 0 aliphatic heterocycles. The van der Waals surface area contributed by atoms with Crippen LogP contribution in [0, 0.1) is 0 Å². The Kier molecular flexibility index (Phi) is 5.32. The van der Waals surface area contributed by atoms with Crippen LogP contribution in [0.4, 0.5) is 79.2 Å². The first-order valence-electron chi connectivity index (χ1n) is 5.06. The first-order chi connectivity index (χ1) is 10.8. The van der Waals surface area contributed by atoms with Gasteiger partial charge in [0.1, 0.15) is 0 Å². The van der Waals surface area contributed by atoms with Crippen molar-refractivity contribution in [3.8, 4) is 0 Å². The summed E-state index contributed by atoms with van der Waals surface area (Å²) in [5, 5.41) is 0. The van der Waals surface area contributed by atoms with Crippen LogP contribution in [0.1, 0.15) is 0 Å². The molecule has 0 saturated heterocycles. The minimum Gasteiger partial charge on any atom is -0.192 e. The molecule has 158 valence electrons. The number of rotatable bonds is 5. The molecular formula is C7F18N+. The zero-order valence-corrected chi connectivity index (χ0v) is 10.8. The maximum Gasteiger partial charge on any atom is 0.642 e. The largest absolute Gasteiger partial charge is 0.642 e. The zero-order valence-electron chi connectivity index (χ0n) is 10.8. The molecule has 0 heterocycles. The smallest absolute Gasteiger partial charge is 0.192 e. The van der Waals surface area contributed by atoms with Crippen LogP contribution >= 0.6 is 0 Å². The van der Waals surface area contributed by atoms with E-state index >= 15 is 0 Å². The summed E-state index contributed by atoms with van der Waals surface area (Å²) in [6, 6.07) is -8.63. The first-order valence-corrected chi connectivity index (χ1v) is 5.06. The molecule has 0 fully saturated rings. The van der Waals surface area contributed by atoms with Crippen molar-refractivity contribution in [2.24, 2.45) is 0 Å². The van der Waals surface area contributed by atoms with Crippen molar-refractivity contribution in [3.63, 3.8) is 0 Å². The molecule has 0 atom stereocenters. The minimum atomic E-state index is -8.75. The van der Waals surface area contributed by atoms with Crippen molar-refractivity contribution in [1.82, 2.24) is 0 Å². The maximum atomic E-state index is 12.7. The molecule has 0 saturated carbocycles. The third kappa shape index (κ3) is 2.81. The highest BCUT2D eigenvalue weighted by Gasteiger charge is 2.98. The predicted octanol–water partition coefficient (Wildman–Crippen LogP) is 5.79. The van der Waals surface area contributed by atoms with E-state index in [4.69, 9.17) is 0 Å². The summed E-state index contributed by atoms with van der Waals surface area (Å²) >= 11 is 0. The van der Waals surface area contributed by atoms with Crippen LogP contribution in [-0.2, 0) is 0 Å². The van der Waals surface area contributed by atoms with Gasteiger partial charge in [0.05, 0.1) is 8.96 Å². The summed E-state index contributed by atoms with van der Waals surface area (Å²) in [4.78, 5) is -7.43. The number of halogens is 18. The Balaban J connectivity index is 6.61. The monoisotopic (exact) mass is 440 g/mol. The van der Waals surface area contributed by atoms with Crippen LogP contribution in [0.5, 0.6) is 0 Å². The maximum absolute atomic E-state index is 12.7. The van der Waals surface area contributed by atoms with Gasteiger partial charge in [0.25, 0.3) is 0 Å². The molecule has 0 aromatic heterocycles. The molecule has 0 rings (SSSR count). The van der Waals surface area contributed by atoms with Crippen LogP contribution in [0.15, 0.2) is 0 Å². The van der Waals surface area contributed by atoms with Gasteiger partial charge in [0.2, 0.25) is 4.93 Å². The number of hydrogen-bond donors (Lipinski definition) is 0. The Morgan fingerprint density at radius 3 is 0.885 bits per heavy atom. The highest BCUT2D eigenvalue weighted by molar-refractivity contribution is 5.08. The lowest BCUT2D eigenvalue weighted by Gasteiger charge is -2.39. The topological polar surface area (TPSA) is 0 Å². The van der Waals surface area contributed by atoms with Crippen molar-refractivity contribution in [1.29, 1.82) is 0 Å². The second-order valence-electron chi connectivity index (χ2n) is 4.32. The molecule has 0 aliphatic rings. The van der Waals surface area contributed by atoms with Gasteiger partial charge in [-0.1, -0.05) is 0 Å². The van der Waals surface area contributed by atoms with E-state index in [0.717, 1.165) is 0 Å². The zero-order chi connectivity index (χ0) is 22.0. The van der Waals surface area contributed by atoms with Gasteiger partial charge in [0, 0.05) is 0 Å². The van der Waals surface area contributed by atoms with Crippen LogP contribution < -0.4 is 0 Å². The standard InChI is InChI=1S/C7F18N/c8-1(9,3(12,13)5(16,17)18)2(10,11)4(14,15)6(19,20)26(24,25)7(21,22)23/q+1. The number of quaternary nitrogens is 1. The fourth-order valence-corrected chi connectivity index (χ4v) is 1.10. The van der Waals surface area contributed by atoms with Gasteiger partial charge in [-0.3, -0.25) is 0 Å². The lowest BCUT2D eigenvalue weighted by Crippen LogP contribution is -2.75. The molecule has 0 radical (unpaired) electrons. The van der Waals surface area contributed by atoms with Gasteiger partial charge in [-0.05, 0) is 0 Å². The highest BCUT2D eigenvalue weighted by Crippen LogP contribution is 2.63. The lowest BCUT2D eigenvalue weighted by molar-refractivity contribution is -1.29. The highest BCUT2D eigenvalue weighted by atomic mass is 19.5. The van der Waals surface area contributed by atoms with Crippen molar-refractivity contribution < 1.29 is 84.1 Å². The average Bonchev–Trinajstić information content (AvgIpc) is 2.34. The Morgan fingerprint density at radius 2 is 0.654 bits per heavy atom. The van der Waals surface area contributed by atoms with Gasteiger partial charge in [-0.25, -0.2) is 0 Å². The molecule has 0 aromatic carbocycles. The Bertz CT molecular complexity index is 473. The molecule has 0 N–H and O–H groups in total. The Labute approximate surface area is 128 Å². The molecule has 26 heavy (non-hydrogen) atoms. The average molecular weight is 440 g/mol. The number of nitrogens with zero attached hydrogens (tertiary/aromatic N) is 1. The molecule has 0 unspecified atom stereocenters. The molecular weight excluding hydrogens is 440 g/mol. The third-order valence-corrected chi connectivity index (χ3v) is 2.59. The van der Waals surface area contributed by atoms with Crippen molar-refractivity contribution in [2.45, 2.75) is 42.2 Å². The summed E-state index contributed by atoms with van der Waals surface area (Å²) in [7, 11) is 0. The van der Waals surface area contributed by atoms with E-state index in [1.807, 2.05) is 0 Å². The van der Waals surface area contributed by atoms with E-state index in [0.29, 0.717) is 0 Å². The summed E-state index contributed by atoms with van der Waals surface area (Å²) in [5.41, 5.74) is 0. The molecule has 0 aliphatic carbocycles. The van der Waals surface area contributed by atoms with Crippen LogP contribution in [0.2, 0.25) is 0 Å². The number of hydrogen-bond acceptors (Lipinski definition) is 0. The fraction of sp³-hybridized carbons (Fsp3) is 1.00. The minimum absolute atomic E-state index is 7.43. The molecule has 0 spiro atoms. The van der Waals surface area contributed by atoms with Crippen LogP contribution in [0.3, 0.4) is 0 Å². The van der Waals surface area contributed by atoms with E-state index in [1.54, 1.807) is 0 Å². The van der Waals surface area contributed by atoms with E-state index in [1.165, 1.54) is 0 Å². The van der Waals surface area contributed by atoms with Gasteiger partial charge >= 0.3 is 42.2 Å². The van der Waals surface area contributed by atoms with E-state index in [-0.39, 0.29) is 0 Å². The van der Waals surface area contributed by atoms with Gasteiger partial charge < -0.3 is 0 Å². The van der Waals surface area contributed by atoms with Crippen molar-refractivity contribution in [2.75, 3.05) is 0 Å². The van der Waals surface area contributed by atoms with E-state index in [9.17, 15) is 79.2 Å². The fourth-order valence-electron chi connectivity index (χ4n) is 1.10. The SMILES string of the molecule is FC(F)(F)C(F)(F)C(F)(F)C(F)(F)C(F)(F)C(F)(F)[N+](F)(F)C(F)(F)F. The second-order valence-corrected chi connectivity index (χ2v) is 4.32. The molecule has 1 nitrogen and oxygen atoms in total.